The Labute approximate surface area is 458 Å². The average molecular weight is 1130 g/mol. The molecule has 0 saturated carbocycles. The number of nitrogens with one attached hydrogen (secondary N) is 4. The van der Waals surface area contributed by atoms with Gasteiger partial charge >= 0.3 is 18.1 Å². The van der Waals surface area contributed by atoms with Crippen molar-refractivity contribution in [1.29, 1.82) is 0 Å². The van der Waals surface area contributed by atoms with E-state index in [9.17, 15) is 70.9 Å². The van der Waals surface area contributed by atoms with E-state index in [1.807, 2.05) is 55.7 Å². The number of halogens is 5. The number of aromatic nitrogens is 1. The normalized spacial score (nSPS) is 14.2. The second kappa shape index (κ2) is 30.5. The first-order chi connectivity index (χ1) is 37.3. The zero-order valence-electron chi connectivity index (χ0n) is 45.1. The Morgan fingerprint density at radius 1 is 0.787 bits per heavy atom. The van der Waals surface area contributed by atoms with Gasteiger partial charge in [0.1, 0.15) is 30.8 Å². The number of carboxylic acid groups (broad SMARTS) is 2. The summed E-state index contributed by atoms with van der Waals surface area (Å²) in [5.41, 5.74) is 7.47. The van der Waals surface area contributed by atoms with Crippen molar-refractivity contribution in [1.82, 2.24) is 35.6 Å². The molecule has 3 aromatic rings. The Morgan fingerprint density at radius 2 is 1.41 bits per heavy atom. The van der Waals surface area contributed by atoms with Gasteiger partial charge in [-0.25, -0.2) is 18.4 Å². The maximum Gasteiger partial charge on any atom is 0.490 e. The number of benzene rings is 2. The molecule has 1 aromatic heterocycles. The lowest BCUT2D eigenvalue weighted by atomic mass is 9.82. The van der Waals surface area contributed by atoms with Gasteiger partial charge in [0, 0.05) is 80.1 Å². The molecule has 9 N–H and O–H groups in total. The Kier molecular flexibility index (Phi) is 25.3. The number of nitrogens with two attached hydrogens (primary N) is 1. The number of carbonyl (C=O) groups is 10. The number of hydrogen-bond acceptors (Lipinski definition) is 12. The number of carboxylic acids is 2. The first-order valence-corrected chi connectivity index (χ1v) is 25.4. The number of ketones is 1. The molecule has 0 saturated heterocycles. The van der Waals surface area contributed by atoms with Gasteiger partial charge in [-0.05, 0) is 66.8 Å². The maximum atomic E-state index is 15.1. The summed E-state index contributed by atoms with van der Waals surface area (Å²) >= 11 is 0. The van der Waals surface area contributed by atoms with Crippen LogP contribution in [0, 0.1) is 28.9 Å². The smallest absolute Gasteiger partial charge is 0.480 e. The number of rotatable bonds is 28. The van der Waals surface area contributed by atoms with Gasteiger partial charge in [-0.15, -0.1) is 0 Å². The summed E-state index contributed by atoms with van der Waals surface area (Å²) in [4.78, 5) is 125. The van der Waals surface area contributed by atoms with Gasteiger partial charge in [-0.2, -0.15) is 13.2 Å². The van der Waals surface area contributed by atoms with Crippen LogP contribution in [0.15, 0.2) is 72.9 Å². The standard InChI is InChI=1S/C52H68F2N8O11.C2HF3O2/c1-31(2)47(59-43(66)29-62-44(67)17-18-45(62)68)41(64)24-32(3)49(70)58-39(51(72)73)14-10-11-21-56-42(65)19-22-57-50(71)38(55)20-23-61(46(69)30-63)48(52(4,5)6)40-25-34(36-26-35(53)15-16-37(36)54)28-60(40)27-33-12-8-7-9-13-33;3-2(4,5)1(6)7/h7-9,12-13,15-18,25-26,28,31-32,38-39,47-48,63H,10-11,14,19-24,27,29-30,55H2,1-6H3,(H,56,65)(H,57,71)(H,58,70)(H,59,66)(H,72,73);(H,6,7)/t32-,38+,39+,47+,48+;/m1./s1. The molecule has 0 aliphatic carbocycles. The zero-order valence-corrected chi connectivity index (χ0v) is 45.1. The van der Waals surface area contributed by atoms with E-state index in [1.165, 1.54) is 11.8 Å². The van der Waals surface area contributed by atoms with Gasteiger partial charge in [0.25, 0.3) is 11.8 Å². The number of Topliss-reactive ketones (excluding diaryl/α,β-unsaturated/α-hetero) is 1. The quantitative estimate of drug-likeness (QED) is 0.0292. The largest absolute Gasteiger partial charge is 0.490 e. The molecule has 438 valence electrons. The topological polar surface area (TPSA) is 317 Å². The third-order valence-electron chi connectivity index (χ3n) is 12.5. The van der Waals surface area contributed by atoms with Gasteiger partial charge in [0.2, 0.25) is 29.5 Å². The van der Waals surface area contributed by atoms with Crippen LogP contribution in [0.1, 0.15) is 97.4 Å². The van der Waals surface area contributed by atoms with Crippen molar-refractivity contribution in [3.8, 4) is 11.1 Å². The molecule has 5 atom stereocenters. The minimum Gasteiger partial charge on any atom is -0.480 e. The monoisotopic (exact) mass is 1130 g/mol. The van der Waals surface area contributed by atoms with Gasteiger partial charge < -0.3 is 51.8 Å². The number of alkyl halides is 3. The molecule has 7 amide bonds. The van der Waals surface area contributed by atoms with Crippen molar-refractivity contribution < 1.29 is 85.2 Å². The summed E-state index contributed by atoms with van der Waals surface area (Å²) in [7, 11) is 0. The summed E-state index contributed by atoms with van der Waals surface area (Å²) < 4.78 is 63.1. The van der Waals surface area contributed by atoms with E-state index in [1.54, 1.807) is 26.1 Å². The fourth-order valence-electron chi connectivity index (χ4n) is 8.39. The number of aliphatic hydroxyl groups is 1. The number of aliphatic carboxylic acids is 2. The van der Waals surface area contributed by atoms with E-state index < -0.39 is 131 Å². The predicted molar refractivity (Wildman–Crippen MR) is 278 cm³/mol. The number of imide groups is 1. The van der Waals surface area contributed by atoms with Crippen LogP contribution in [0.4, 0.5) is 22.0 Å². The first kappa shape index (κ1) is 66.4. The predicted octanol–water partition coefficient (Wildman–Crippen LogP) is 3.76. The van der Waals surface area contributed by atoms with E-state index in [-0.39, 0.29) is 57.3 Å². The van der Waals surface area contributed by atoms with Crippen LogP contribution in [-0.4, -0.2) is 146 Å². The summed E-state index contributed by atoms with van der Waals surface area (Å²) in [5.74, 6) is -11.6. The van der Waals surface area contributed by atoms with Gasteiger partial charge in [0.15, 0.2) is 5.78 Å². The molecule has 4 rings (SSSR count). The van der Waals surface area contributed by atoms with Crippen molar-refractivity contribution in [3.05, 3.63) is 95.8 Å². The second-order valence-electron chi connectivity index (χ2n) is 20.3. The Hall–Kier alpha value is -7.87. The molecule has 2 aromatic carbocycles. The fourth-order valence-corrected chi connectivity index (χ4v) is 8.39. The maximum absolute atomic E-state index is 15.1. The number of aliphatic hydroxyl groups excluding tert-OH is 1. The molecular weight excluding hydrogens is 1060 g/mol. The molecular formula is C54H69F5N8O13. The molecule has 1 aliphatic heterocycles. The summed E-state index contributed by atoms with van der Waals surface area (Å²) in [5, 5.41) is 37.3. The van der Waals surface area contributed by atoms with Crippen LogP contribution >= 0.6 is 0 Å². The zero-order chi connectivity index (χ0) is 60.2. The minimum absolute atomic E-state index is 0.00717. The molecule has 1 aliphatic rings. The van der Waals surface area contributed by atoms with Gasteiger partial charge in [0.05, 0.1) is 18.1 Å². The number of amides is 7. The van der Waals surface area contributed by atoms with Crippen LogP contribution in [0.5, 0.6) is 0 Å². The van der Waals surface area contributed by atoms with Crippen LogP contribution in [0.3, 0.4) is 0 Å². The lowest BCUT2D eigenvalue weighted by Gasteiger charge is -2.41. The van der Waals surface area contributed by atoms with Crippen LogP contribution in [0.2, 0.25) is 0 Å². The van der Waals surface area contributed by atoms with Crippen LogP contribution in [-0.2, 0) is 54.5 Å². The van der Waals surface area contributed by atoms with Crippen LogP contribution < -0.4 is 27.0 Å². The third-order valence-corrected chi connectivity index (χ3v) is 12.5. The van der Waals surface area contributed by atoms with E-state index in [2.05, 4.69) is 21.3 Å². The molecule has 0 bridgehead atoms. The summed E-state index contributed by atoms with van der Waals surface area (Å²) in [6.07, 6.45) is -1.19. The highest BCUT2D eigenvalue weighted by molar-refractivity contribution is 6.14. The van der Waals surface area contributed by atoms with Gasteiger partial charge in [-0.1, -0.05) is 71.9 Å². The highest BCUT2D eigenvalue weighted by Gasteiger charge is 2.39. The third kappa shape index (κ3) is 20.7. The molecule has 0 radical (unpaired) electrons. The average Bonchev–Trinajstić information content (AvgIpc) is 3.95. The highest BCUT2D eigenvalue weighted by atomic mass is 19.4. The molecule has 80 heavy (non-hydrogen) atoms. The molecule has 0 fully saturated rings. The molecule has 0 spiro atoms. The van der Waals surface area contributed by atoms with Crippen LogP contribution in [0.25, 0.3) is 11.1 Å². The number of nitrogens with zero attached hydrogens (tertiary/aromatic N) is 3. The lowest BCUT2D eigenvalue weighted by molar-refractivity contribution is -0.192. The Balaban J connectivity index is 0.00000224. The van der Waals surface area contributed by atoms with Crippen molar-refractivity contribution in [2.75, 3.05) is 32.8 Å². The molecule has 21 nitrogen and oxygen atoms in total. The van der Waals surface area contributed by atoms with Gasteiger partial charge in [-0.3, -0.25) is 43.3 Å². The van der Waals surface area contributed by atoms with E-state index in [0.29, 0.717) is 24.2 Å². The van der Waals surface area contributed by atoms with Crippen molar-refractivity contribution >= 4 is 59.1 Å². The Morgan fingerprint density at radius 3 is 1.98 bits per heavy atom. The first-order valence-electron chi connectivity index (χ1n) is 25.4. The van der Waals surface area contributed by atoms with Crippen molar-refractivity contribution in [2.24, 2.45) is 23.0 Å². The lowest BCUT2D eigenvalue weighted by Crippen LogP contribution is -2.50. The number of carbonyl (C=O) groups excluding carboxylic acids is 8. The van der Waals surface area contributed by atoms with E-state index >= 15 is 4.39 Å². The fraction of sp³-hybridized carbons (Fsp3) is 0.481. The van der Waals surface area contributed by atoms with Crippen molar-refractivity contribution in [2.45, 2.75) is 117 Å². The van der Waals surface area contributed by atoms with E-state index in [4.69, 9.17) is 15.6 Å². The summed E-state index contributed by atoms with van der Waals surface area (Å²) in [6, 6.07) is 10.0. The molecule has 0 unspecified atom stereocenters. The summed E-state index contributed by atoms with van der Waals surface area (Å²) in [6.45, 7) is 9.33. The highest BCUT2D eigenvalue weighted by Crippen LogP contribution is 2.41. The number of unbranched alkanes of at least 4 members (excludes halogenated alkanes) is 1. The molecule has 2 heterocycles. The Bertz CT molecular complexity index is 2710. The second-order valence-corrected chi connectivity index (χ2v) is 20.3. The van der Waals surface area contributed by atoms with E-state index in [0.717, 1.165) is 40.8 Å². The van der Waals surface area contributed by atoms with Crippen molar-refractivity contribution in [3.63, 3.8) is 0 Å². The number of hydrogen-bond donors (Lipinski definition) is 8. The molecule has 26 heteroatoms. The SMILES string of the molecule is CC(C)[C@H](NC(=O)CN1C(=O)C=CC1=O)C(=O)C[C@@H](C)C(=O)N[C@@H](CCCCNC(=O)CCNC(=O)[C@@H](N)CCN(C(=O)CO)[C@@H](c1cc(-c2cc(F)ccc2F)cn1Cc1ccccc1)C(C)(C)C)C(=O)O.O=C(O)C(F)(F)F. The minimum atomic E-state index is -5.08.